The second kappa shape index (κ2) is 9.67. The first-order valence-corrected chi connectivity index (χ1v) is 8.16. The van der Waals surface area contributed by atoms with Crippen LogP contribution in [0.3, 0.4) is 0 Å². The molecular weight excluding hydrogens is 352 g/mol. The van der Waals surface area contributed by atoms with E-state index in [2.05, 4.69) is 10.6 Å². The van der Waals surface area contributed by atoms with E-state index in [1.54, 1.807) is 13.8 Å². The van der Waals surface area contributed by atoms with E-state index in [1.807, 2.05) is 0 Å². The van der Waals surface area contributed by atoms with Crippen molar-refractivity contribution < 1.29 is 44.3 Å². The summed E-state index contributed by atoms with van der Waals surface area (Å²) in [5.74, 6) is -1.84. The highest BCUT2D eigenvalue weighted by molar-refractivity contribution is 5.80. The van der Waals surface area contributed by atoms with Gasteiger partial charge in [-0.1, -0.05) is 13.8 Å². The van der Waals surface area contributed by atoms with E-state index >= 15 is 0 Å². The predicted octanol–water partition coefficient (Wildman–Crippen LogP) is -1.84. The first-order valence-electron chi connectivity index (χ1n) is 8.16. The molecular formula is C15H26N2O9. The Morgan fingerprint density at radius 3 is 2.27 bits per heavy atom. The van der Waals surface area contributed by atoms with Crippen LogP contribution >= 0.6 is 0 Å². The van der Waals surface area contributed by atoms with Gasteiger partial charge in [-0.05, 0) is 12.3 Å². The van der Waals surface area contributed by atoms with Crippen molar-refractivity contribution in [1.29, 1.82) is 0 Å². The molecule has 0 aromatic rings. The predicted molar refractivity (Wildman–Crippen MR) is 85.9 cm³/mol. The molecule has 0 aromatic carbocycles. The normalized spacial score (nSPS) is 29.7. The molecule has 0 radical (unpaired) electrons. The van der Waals surface area contributed by atoms with Gasteiger partial charge in [-0.2, -0.15) is 0 Å². The van der Waals surface area contributed by atoms with Crippen molar-refractivity contribution in [2.75, 3.05) is 6.61 Å². The summed E-state index contributed by atoms with van der Waals surface area (Å²) in [4.78, 5) is 34.5. The van der Waals surface area contributed by atoms with Crippen LogP contribution in [-0.4, -0.2) is 81.7 Å². The molecule has 0 unspecified atom stereocenters. The number of carboxylic acids is 1. The molecule has 6 atom stereocenters. The highest BCUT2D eigenvalue weighted by Crippen LogP contribution is 2.22. The fourth-order valence-electron chi connectivity index (χ4n) is 2.55. The lowest BCUT2D eigenvalue weighted by molar-refractivity contribution is -0.252. The average Bonchev–Trinajstić information content (AvgIpc) is 2.52. The van der Waals surface area contributed by atoms with Crippen molar-refractivity contribution in [2.24, 2.45) is 5.92 Å². The third-order valence-electron chi connectivity index (χ3n) is 3.77. The Morgan fingerprint density at radius 2 is 1.81 bits per heavy atom. The van der Waals surface area contributed by atoms with Crippen LogP contribution in [0, 0.1) is 5.92 Å². The summed E-state index contributed by atoms with van der Waals surface area (Å²) in [6.07, 6.45) is -6.87. The van der Waals surface area contributed by atoms with Gasteiger partial charge in [-0.25, -0.2) is 9.59 Å². The summed E-state index contributed by atoms with van der Waals surface area (Å²) in [7, 11) is 0. The number of ether oxygens (including phenoxy) is 2. The van der Waals surface area contributed by atoms with Crippen LogP contribution in [0.4, 0.5) is 4.79 Å². The standard InChI is InChI=1S/C15H26N2O9/c1-6(2)4-8(13(22)23)17-15(24)26-14-10(16-7(3)19)12(21)11(20)9(5-18)25-14/h6,8-12,14,18,20-21H,4-5H2,1-3H3,(H,16,19)(H,17,24)(H,22,23)/t8-,9+,10+,11+,12+,14-/m0/s1. The van der Waals surface area contributed by atoms with Crippen molar-refractivity contribution in [3.63, 3.8) is 0 Å². The second-order valence-corrected chi connectivity index (χ2v) is 6.50. The molecule has 6 N–H and O–H groups in total. The minimum Gasteiger partial charge on any atom is -0.480 e. The molecule has 1 aliphatic rings. The maximum atomic E-state index is 12.0. The molecule has 0 aromatic heterocycles. The highest BCUT2D eigenvalue weighted by Gasteiger charge is 2.46. The molecule has 26 heavy (non-hydrogen) atoms. The molecule has 1 heterocycles. The van der Waals surface area contributed by atoms with E-state index in [0.29, 0.717) is 0 Å². The van der Waals surface area contributed by atoms with Crippen LogP contribution in [0.25, 0.3) is 0 Å². The van der Waals surface area contributed by atoms with Crippen molar-refractivity contribution in [2.45, 2.75) is 63.9 Å². The number of carbonyl (C=O) groups excluding carboxylic acids is 2. The van der Waals surface area contributed by atoms with Gasteiger partial charge in [0.25, 0.3) is 0 Å². The van der Waals surface area contributed by atoms with Gasteiger partial charge < -0.3 is 40.5 Å². The Balaban J connectivity index is 2.85. The number of nitrogens with one attached hydrogen (secondary N) is 2. The number of aliphatic hydroxyl groups is 3. The lowest BCUT2D eigenvalue weighted by Gasteiger charge is -2.41. The van der Waals surface area contributed by atoms with Gasteiger partial charge in [0.1, 0.15) is 30.4 Å². The summed E-state index contributed by atoms with van der Waals surface area (Å²) in [5.41, 5.74) is 0. The summed E-state index contributed by atoms with van der Waals surface area (Å²) < 4.78 is 10.2. The first kappa shape index (κ1) is 22.1. The Morgan fingerprint density at radius 1 is 1.19 bits per heavy atom. The number of hydrogen-bond donors (Lipinski definition) is 6. The summed E-state index contributed by atoms with van der Waals surface area (Å²) in [6.45, 7) is 4.04. The quantitative estimate of drug-likeness (QED) is 0.297. The van der Waals surface area contributed by atoms with Crippen LogP contribution in [-0.2, 0) is 19.1 Å². The molecule has 0 bridgehead atoms. The van der Waals surface area contributed by atoms with Gasteiger partial charge in [-0.15, -0.1) is 0 Å². The number of aliphatic hydroxyl groups excluding tert-OH is 3. The second-order valence-electron chi connectivity index (χ2n) is 6.50. The van der Waals surface area contributed by atoms with E-state index in [0.717, 1.165) is 6.92 Å². The van der Waals surface area contributed by atoms with Gasteiger partial charge in [-0.3, -0.25) is 4.79 Å². The molecule has 1 aliphatic heterocycles. The zero-order valence-corrected chi connectivity index (χ0v) is 14.8. The smallest absolute Gasteiger partial charge is 0.410 e. The Labute approximate surface area is 150 Å². The summed E-state index contributed by atoms with van der Waals surface area (Å²) in [5, 5.41) is 42.8. The number of aliphatic carboxylic acids is 1. The van der Waals surface area contributed by atoms with E-state index in [4.69, 9.17) is 14.6 Å². The van der Waals surface area contributed by atoms with Gasteiger partial charge in [0, 0.05) is 6.92 Å². The molecule has 0 aliphatic carbocycles. The summed E-state index contributed by atoms with van der Waals surface area (Å²) >= 11 is 0. The van der Waals surface area contributed by atoms with Gasteiger partial charge in [0.15, 0.2) is 0 Å². The molecule has 1 fully saturated rings. The molecule has 11 heteroatoms. The van der Waals surface area contributed by atoms with Crippen molar-refractivity contribution in [1.82, 2.24) is 10.6 Å². The Bertz CT molecular complexity index is 513. The van der Waals surface area contributed by atoms with Crippen molar-refractivity contribution in [3.8, 4) is 0 Å². The van der Waals surface area contributed by atoms with Crippen molar-refractivity contribution in [3.05, 3.63) is 0 Å². The van der Waals surface area contributed by atoms with Gasteiger partial charge in [0.05, 0.1) is 6.61 Å². The van der Waals surface area contributed by atoms with Crippen molar-refractivity contribution >= 4 is 18.0 Å². The topological polar surface area (TPSA) is 175 Å². The lowest BCUT2D eigenvalue weighted by atomic mass is 9.97. The minimum absolute atomic E-state index is 0.00908. The molecule has 2 amide bonds. The Hall–Kier alpha value is -1.95. The molecule has 0 spiro atoms. The molecule has 11 nitrogen and oxygen atoms in total. The third kappa shape index (κ3) is 6.09. The maximum Gasteiger partial charge on any atom is 0.410 e. The first-order chi connectivity index (χ1) is 12.1. The molecule has 1 saturated heterocycles. The summed E-state index contributed by atoms with van der Waals surface area (Å²) in [6, 6.07) is -2.50. The van der Waals surface area contributed by atoms with Gasteiger partial charge in [0.2, 0.25) is 12.2 Å². The number of carboxylic acid groups (broad SMARTS) is 1. The van der Waals surface area contributed by atoms with E-state index in [1.165, 1.54) is 0 Å². The maximum absolute atomic E-state index is 12.0. The van der Waals surface area contributed by atoms with E-state index in [9.17, 15) is 29.7 Å². The van der Waals surface area contributed by atoms with Gasteiger partial charge >= 0.3 is 12.1 Å². The molecule has 0 saturated carbocycles. The number of alkyl carbamates (subject to hydrolysis) is 1. The fourth-order valence-corrected chi connectivity index (χ4v) is 2.55. The number of hydrogen-bond acceptors (Lipinski definition) is 8. The number of carbonyl (C=O) groups is 3. The highest BCUT2D eigenvalue weighted by atomic mass is 16.7. The Kier molecular flexibility index (Phi) is 8.21. The number of rotatable bonds is 7. The fraction of sp³-hybridized carbons (Fsp3) is 0.800. The van der Waals surface area contributed by atoms with Crippen LogP contribution < -0.4 is 10.6 Å². The van der Waals surface area contributed by atoms with Crippen LogP contribution in [0.15, 0.2) is 0 Å². The van der Waals surface area contributed by atoms with Crippen LogP contribution in [0.2, 0.25) is 0 Å². The zero-order chi connectivity index (χ0) is 20.0. The number of amides is 2. The average molecular weight is 378 g/mol. The third-order valence-corrected chi connectivity index (χ3v) is 3.77. The lowest BCUT2D eigenvalue weighted by Crippen LogP contribution is -2.65. The monoisotopic (exact) mass is 378 g/mol. The SMILES string of the molecule is CC(=O)N[C@H]1[C@H](OC(=O)N[C@@H](CC(C)C)C(=O)O)O[C@H](CO)[C@@H](O)[C@@H]1O. The van der Waals surface area contributed by atoms with Crippen LogP contribution in [0.5, 0.6) is 0 Å². The molecule has 150 valence electrons. The van der Waals surface area contributed by atoms with E-state index < -0.39 is 61.3 Å². The molecule has 1 rings (SSSR count). The zero-order valence-electron chi connectivity index (χ0n) is 14.8. The largest absolute Gasteiger partial charge is 0.480 e. The van der Waals surface area contributed by atoms with Crippen LogP contribution in [0.1, 0.15) is 27.2 Å². The minimum atomic E-state index is -1.58. The van der Waals surface area contributed by atoms with E-state index in [-0.39, 0.29) is 12.3 Å².